The Balaban J connectivity index is 3.84. The second-order valence-electron chi connectivity index (χ2n) is 2.39. The Bertz CT molecular complexity index is 240. The fourth-order valence-corrected chi connectivity index (χ4v) is 0.576. The first-order chi connectivity index (χ1) is 6.49. The van der Waals surface area contributed by atoms with E-state index in [-0.39, 0.29) is 6.73 Å². The Morgan fingerprint density at radius 2 is 1.93 bits per heavy atom. The van der Waals surface area contributed by atoms with Crippen LogP contribution >= 0.6 is 0 Å². The normalized spacial score (nSPS) is 11.3. The number of nitrogens with one attached hydrogen (secondary N) is 1. The minimum atomic E-state index is -1.02. The molecule has 0 aromatic carbocycles. The van der Waals surface area contributed by atoms with Crippen LogP contribution in [0.2, 0.25) is 0 Å². The number of rotatable bonds is 4. The van der Waals surface area contributed by atoms with Crippen molar-refractivity contribution in [2.45, 2.75) is 6.92 Å². The first kappa shape index (κ1) is 12.2. The first-order valence-corrected chi connectivity index (χ1v) is 3.76. The highest BCUT2D eigenvalue weighted by Crippen LogP contribution is 1.99. The molecule has 0 aromatic heterocycles. The van der Waals surface area contributed by atoms with E-state index >= 15 is 0 Å². The Labute approximate surface area is 80.5 Å². The quantitative estimate of drug-likeness (QED) is 0.345. The second-order valence-corrected chi connectivity index (χ2v) is 2.39. The van der Waals surface area contributed by atoms with Crippen LogP contribution in [0.4, 0.5) is 4.79 Å². The van der Waals surface area contributed by atoms with Gasteiger partial charge in [-0.3, -0.25) is 9.59 Å². The van der Waals surface area contributed by atoms with Gasteiger partial charge in [0, 0.05) is 0 Å². The molecule has 1 atom stereocenters. The molecule has 0 aliphatic rings. The van der Waals surface area contributed by atoms with Crippen LogP contribution in [0.15, 0.2) is 0 Å². The van der Waals surface area contributed by atoms with Gasteiger partial charge in [-0.05, 0) is 6.92 Å². The fourth-order valence-electron chi connectivity index (χ4n) is 0.576. The predicted molar refractivity (Wildman–Crippen MR) is 44.9 cm³/mol. The Hall–Kier alpha value is -1.79. The number of amides is 2. The maximum absolute atomic E-state index is 11.0. The number of methoxy groups -OCH3 is 1. The number of hydrogen-bond donors (Lipinski definition) is 2. The lowest BCUT2D eigenvalue weighted by Gasteiger charge is -2.09. The van der Waals surface area contributed by atoms with E-state index in [2.05, 4.69) is 9.47 Å². The van der Waals surface area contributed by atoms with Gasteiger partial charge in [0.25, 0.3) is 0 Å². The monoisotopic (exact) mass is 204 g/mol. The fraction of sp³-hybridized carbons (Fsp3) is 0.571. The largest absolute Gasteiger partial charge is 0.468 e. The van der Waals surface area contributed by atoms with Crippen molar-refractivity contribution < 1.29 is 23.9 Å². The molecule has 0 rings (SSSR count). The minimum Gasteiger partial charge on any atom is -0.468 e. The predicted octanol–water partition coefficient (Wildman–Crippen LogP) is -1.04. The zero-order valence-electron chi connectivity index (χ0n) is 7.90. The third kappa shape index (κ3) is 4.29. The molecule has 3 N–H and O–H groups in total. The van der Waals surface area contributed by atoms with E-state index in [4.69, 9.17) is 5.73 Å². The van der Waals surface area contributed by atoms with Crippen molar-refractivity contribution in [3.8, 4) is 0 Å². The van der Waals surface area contributed by atoms with E-state index in [0.29, 0.717) is 0 Å². The molecule has 80 valence electrons. The van der Waals surface area contributed by atoms with Crippen LogP contribution in [0, 0.1) is 5.92 Å². The van der Waals surface area contributed by atoms with Crippen molar-refractivity contribution in [1.82, 2.24) is 5.32 Å². The van der Waals surface area contributed by atoms with Crippen LogP contribution < -0.4 is 11.1 Å². The van der Waals surface area contributed by atoms with Gasteiger partial charge < -0.3 is 20.5 Å². The standard InChI is InChI=1S/C7H12N2O5/c1-4(5(10)13-2)6(11)14-3-9-7(8)12/h4H,3H2,1-2H3,(H3,8,9,12). The highest BCUT2D eigenvalue weighted by Gasteiger charge is 2.23. The van der Waals surface area contributed by atoms with Crippen molar-refractivity contribution in [2.75, 3.05) is 13.8 Å². The molecule has 0 saturated carbocycles. The van der Waals surface area contributed by atoms with E-state index in [1.165, 1.54) is 6.92 Å². The summed E-state index contributed by atoms with van der Waals surface area (Å²) in [4.78, 5) is 32.0. The van der Waals surface area contributed by atoms with Crippen LogP contribution in [0.25, 0.3) is 0 Å². The molecule has 1 unspecified atom stereocenters. The molecule has 0 heterocycles. The van der Waals surface area contributed by atoms with Crippen LogP contribution in [0.3, 0.4) is 0 Å². The average Bonchev–Trinajstić information content (AvgIpc) is 2.14. The molecule has 0 aliphatic carbocycles. The smallest absolute Gasteiger partial charge is 0.321 e. The highest BCUT2D eigenvalue weighted by atomic mass is 16.6. The summed E-state index contributed by atoms with van der Waals surface area (Å²) in [6.07, 6.45) is 0. The summed E-state index contributed by atoms with van der Waals surface area (Å²) < 4.78 is 8.79. The topological polar surface area (TPSA) is 108 Å². The molecule has 0 saturated heterocycles. The van der Waals surface area contributed by atoms with Crippen LogP contribution in [-0.4, -0.2) is 31.8 Å². The number of carbonyl (C=O) groups is 3. The Morgan fingerprint density at radius 1 is 1.36 bits per heavy atom. The molecule has 7 nitrogen and oxygen atoms in total. The second kappa shape index (κ2) is 5.79. The summed E-state index contributed by atoms with van der Waals surface area (Å²) in [7, 11) is 1.16. The van der Waals surface area contributed by atoms with E-state index in [1.807, 2.05) is 5.32 Å². The minimum absolute atomic E-state index is 0.366. The molecule has 0 bridgehead atoms. The number of hydrogen-bond acceptors (Lipinski definition) is 5. The van der Waals surface area contributed by atoms with Crippen molar-refractivity contribution in [2.24, 2.45) is 11.7 Å². The summed E-state index contributed by atoms with van der Waals surface area (Å²) in [5.74, 6) is -2.51. The zero-order chi connectivity index (χ0) is 11.1. The van der Waals surface area contributed by atoms with Crippen LogP contribution in [-0.2, 0) is 19.1 Å². The number of primary amides is 1. The molecule has 0 aromatic rings. The molecule has 14 heavy (non-hydrogen) atoms. The molecular weight excluding hydrogens is 192 g/mol. The summed E-state index contributed by atoms with van der Waals surface area (Å²) in [6.45, 7) is 0.966. The number of ether oxygens (including phenoxy) is 2. The molecule has 2 amide bonds. The van der Waals surface area contributed by atoms with Crippen molar-refractivity contribution in [1.29, 1.82) is 0 Å². The molecular formula is C7H12N2O5. The summed E-state index contributed by atoms with van der Waals surface area (Å²) in [5, 5.41) is 2.03. The lowest BCUT2D eigenvalue weighted by atomic mass is 10.2. The van der Waals surface area contributed by atoms with Gasteiger partial charge in [0.2, 0.25) is 0 Å². The molecule has 0 radical (unpaired) electrons. The lowest BCUT2D eigenvalue weighted by molar-refractivity contribution is -0.159. The lowest BCUT2D eigenvalue weighted by Crippen LogP contribution is -2.34. The van der Waals surface area contributed by atoms with Gasteiger partial charge in [0.15, 0.2) is 12.6 Å². The van der Waals surface area contributed by atoms with Crippen LogP contribution in [0.5, 0.6) is 0 Å². The van der Waals surface area contributed by atoms with Gasteiger partial charge in [-0.15, -0.1) is 0 Å². The number of urea groups is 1. The summed E-state index contributed by atoms with van der Waals surface area (Å²) >= 11 is 0. The third-order valence-corrected chi connectivity index (χ3v) is 1.37. The highest BCUT2D eigenvalue weighted by molar-refractivity contribution is 5.94. The molecule has 0 aliphatic heterocycles. The SMILES string of the molecule is COC(=O)C(C)C(=O)OCNC(N)=O. The maximum atomic E-state index is 11.0. The van der Waals surface area contributed by atoms with E-state index in [1.54, 1.807) is 0 Å². The third-order valence-electron chi connectivity index (χ3n) is 1.37. The van der Waals surface area contributed by atoms with Crippen molar-refractivity contribution >= 4 is 18.0 Å². The number of nitrogens with two attached hydrogens (primary N) is 1. The summed E-state index contributed by atoms with van der Waals surface area (Å²) in [5.41, 5.74) is 4.71. The zero-order valence-corrected chi connectivity index (χ0v) is 7.90. The number of carbonyl (C=O) groups excluding carboxylic acids is 3. The molecule has 0 fully saturated rings. The number of esters is 2. The maximum Gasteiger partial charge on any atom is 0.321 e. The van der Waals surface area contributed by atoms with E-state index in [9.17, 15) is 14.4 Å². The average molecular weight is 204 g/mol. The van der Waals surface area contributed by atoms with Gasteiger partial charge in [0.1, 0.15) is 0 Å². The Kier molecular flexibility index (Phi) is 5.05. The molecule has 7 heteroatoms. The van der Waals surface area contributed by atoms with Gasteiger partial charge in [-0.25, -0.2) is 4.79 Å². The Morgan fingerprint density at radius 3 is 2.36 bits per heavy atom. The van der Waals surface area contributed by atoms with Gasteiger partial charge in [0.05, 0.1) is 7.11 Å². The van der Waals surface area contributed by atoms with Crippen molar-refractivity contribution in [3.63, 3.8) is 0 Å². The molecule has 0 spiro atoms. The van der Waals surface area contributed by atoms with Gasteiger partial charge in [-0.2, -0.15) is 0 Å². The van der Waals surface area contributed by atoms with Crippen LogP contribution in [0.1, 0.15) is 6.92 Å². The van der Waals surface area contributed by atoms with E-state index < -0.39 is 23.9 Å². The first-order valence-electron chi connectivity index (χ1n) is 3.76. The van der Waals surface area contributed by atoms with Gasteiger partial charge >= 0.3 is 18.0 Å². The summed E-state index contributed by atoms with van der Waals surface area (Å²) in [6, 6.07) is -0.816. The van der Waals surface area contributed by atoms with E-state index in [0.717, 1.165) is 7.11 Å². The van der Waals surface area contributed by atoms with Crippen molar-refractivity contribution in [3.05, 3.63) is 0 Å². The van der Waals surface area contributed by atoms with Gasteiger partial charge in [-0.1, -0.05) is 0 Å².